The van der Waals surface area contributed by atoms with Crippen LogP contribution in [-0.2, 0) is 13.2 Å². The van der Waals surface area contributed by atoms with Crippen LogP contribution in [0, 0.1) is 6.92 Å². The van der Waals surface area contributed by atoms with Crippen LogP contribution in [0.25, 0.3) is 0 Å². The Morgan fingerprint density at radius 3 is 2.52 bits per heavy atom. The second-order valence-electron chi connectivity index (χ2n) is 4.56. The summed E-state index contributed by atoms with van der Waals surface area (Å²) in [5.74, 6) is -0.480. The van der Waals surface area contributed by atoms with Crippen molar-refractivity contribution in [2.45, 2.75) is 13.1 Å². The molecule has 0 aliphatic rings. The number of hydrogen-bond acceptors (Lipinski definition) is 3. The highest BCUT2D eigenvalue weighted by molar-refractivity contribution is 6.06. The minimum atomic E-state index is -4.48. The third-order valence-corrected chi connectivity index (χ3v) is 2.89. The Kier molecular flexibility index (Phi) is 3.63. The number of aromatic nitrogens is 2. The fourth-order valence-corrected chi connectivity index (χ4v) is 1.87. The van der Waals surface area contributed by atoms with Crippen LogP contribution in [0.3, 0.4) is 0 Å². The van der Waals surface area contributed by atoms with Gasteiger partial charge in [0.05, 0.1) is 28.2 Å². The van der Waals surface area contributed by atoms with Gasteiger partial charge in [-0.25, -0.2) is 0 Å². The molecule has 0 fully saturated rings. The number of carbonyl (C=O) groups excluding carboxylic acids is 1. The predicted molar refractivity (Wildman–Crippen MR) is 71.8 cm³/mol. The molecule has 2 rings (SSSR count). The highest BCUT2D eigenvalue weighted by atomic mass is 19.4. The molecule has 1 aromatic carbocycles. The molecule has 0 unspecified atom stereocenters. The minimum Gasteiger partial charge on any atom is -0.397 e. The van der Waals surface area contributed by atoms with Crippen LogP contribution >= 0.6 is 0 Å². The Balaban J connectivity index is 2.24. The first-order valence-electron chi connectivity index (χ1n) is 5.97. The van der Waals surface area contributed by atoms with Gasteiger partial charge in [0.2, 0.25) is 0 Å². The molecule has 0 aliphatic heterocycles. The summed E-state index contributed by atoms with van der Waals surface area (Å²) in [6.07, 6.45) is -2.96. The van der Waals surface area contributed by atoms with Crippen LogP contribution in [0.1, 0.15) is 21.6 Å². The number of hydrogen-bond donors (Lipinski definition) is 2. The second-order valence-corrected chi connectivity index (χ2v) is 4.56. The van der Waals surface area contributed by atoms with Crippen molar-refractivity contribution in [3.63, 3.8) is 0 Å². The lowest BCUT2D eigenvalue weighted by atomic mass is 10.1. The smallest absolute Gasteiger partial charge is 0.397 e. The third-order valence-electron chi connectivity index (χ3n) is 2.89. The summed E-state index contributed by atoms with van der Waals surface area (Å²) in [5, 5.41) is 6.49. The van der Waals surface area contributed by atoms with Crippen molar-refractivity contribution in [1.29, 1.82) is 0 Å². The molecule has 2 aromatic rings. The van der Waals surface area contributed by atoms with Crippen molar-refractivity contribution in [3.8, 4) is 0 Å². The van der Waals surface area contributed by atoms with E-state index < -0.39 is 17.6 Å². The summed E-state index contributed by atoms with van der Waals surface area (Å²) in [7, 11) is 1.66. The van der Waals surface area contributed by atoms with Crippen molar-refractivity contribution in [2.75, 3.05) is 11.1 Å². The SMILES string of the molecule is Cc1nn(C)cc1C(=O)Nc1ccc(C(F)(F)F)cc1N. The van der Waals surface area contributed by atoms with E-state index in [1.54, 1.807) is 14.0 Å². The molecule has 5 nitrogen and oxygen atoms in total. The molecule has 0 bridgehead atoms. The predicted octanol–water partition coefficient (Wildman–Crippen LogP) is 2.58. The minimum absolute atomic E-state index is 0.122. The molecule has 0 saturated carbocycles. The number of nitrogens with one attached hydrogen (secondary N) is 1. The summed E-state index contributed by atoms with van der Waals surface area (Å²) in [6, 6.07) is 2.77. The maximum Gasteiger partial charge on any atom is 0.416 e. The van der Waals surface area contributed by atoms with Crippen LogP contribution in [0.5, 0.6) is 0 Å². The molecule has 0 atom stereocenters. The molecule has 0 spiro atoms. The lowest BCUT2D eigenvalue weighted by molar-refractivity contribution is -0.137. The van der Waals surface area contributed by atoms with Crippen molar-refractivity contribution in [3.05, 3.63) is 41.2 Å². The number of carbonyl (C=O) groups is 1. The average molecular weight is 298 g/mol. The fraction of sp³-hybridized carbons (Fsp3) is 0.231. The molecule has 112 valence electrons. The molecular formula is C13H13F3N4O. The van der Waals surface area contributed by atoms with Crippen LogP contribution in [0.15, 0.2) is 24.4 Å². The van der Waals surface area contributed by atoms with E-state index in [4.69, 9.17) is 5.73 Å². The van der Waals surface area contributed by atoms with E-state index >= 15 is 0 Å². The molecule has 1 heterocycles. The number of amides is 1. The van der Waals surface area contributed by atoms with Crippen molar-refractivity contribution < 1.29 is 18.0 Å². The molecule has 0 saturated heterocycles. The first-order chi connectivity index (χ1) is 9.68. The Morgan fingerprint density at radius 1 is 1.38 bits per heavy atom. The quantitative estimate of drug-likeness (QED) is 0.837. The Hall–Kier alpha value is -2.51. The first kappa shape index (κ1) is 14.9. The van der Waals surface area contributed by atoms with Gasteiger partial charge >= 0.3 is 6.18 Å². The summed E-state index contributed by atoms with van der Waals surface area (Å²) >= 11 is 0. The van der Waals surface area contributed by atoms with Crippen LogP contribution < -0.4 is 11.1 Å². The lowest BCUT2D eigenvalue weighted by Gasteiger charge is -2.11. The van der Waals surface area contributed by atoms with E-state index in [9.17, 15) is 18.0 Å². The Labute approximate surface area is 118 Å². The fourth-order valence-electron chi connectivity index (χ4n) is 1.87. The molecular weight excluding hydrogens is 285 g/mol. The van der Waals surface area contributed by atoms with Crippen molar-refractivity contribution in [1.82, 2.24) is 9.78 Å². The maximum atomic E-state index is 12.5. The summed E-state index contributed by atoms with van der Waals surface area (Å²) in [4.78, 5) is 12.0. The molecule has 21 heavy (non-hydrogen) atoms. The van der Waals surface area contributed by atoms with E-state index in [-0.39, 0.29) is 11.4 Å². The molecule has 1 amide bonds. The lowest BCUT2D eigenvalue weighted by Crippen LogP contribution is -2.14. The van der Waals surface area contributed by atoms with E-state index in [1.165, 1.54) is 10.9 Å². The maximum absolute atomic E-state index is 12.5. The van der Waals surface area contributed by atoms with Gasteiger partial charge in [-0.3, -0.25) is 9.48 Å². The van der Waals surface area contributed by atoms with E-state index in [0.29, 0.717) is 11.3 Å². The largest absolute Gasteiger partial charge is 0.416 e. The van der Waals surface area contributed by atoms with E-state index in [2.05, 4.69) is 10.4 Å². The highest BCUT2D eigenvalue weighted by Crippen LogP contribution is 2.32. The zero-order valence-electron chi connectivity index (χ0n) is 11.3. The molecule has 1 aromatic heterocycles. The Bertz CT molecular complexity index is 691. The molecule has 3 N–H and O–H groups in total. The third kappa shape index (κ3) is 3.15. The van der Waals surface area contributed by atoms with Gasteiger partial charge in [0.25, 0.3) is 5.91 Å². The van der Waals surface area contributed by atoms with Crippen molar-refractivity contribution in [2.24, 2.45) is 7.05 Å². The summed E-state index contributed by atoms with van der Waals surface area (Å²) in [6.45, 7) is 1.66. The number of nitrogens with zero attached hydrogens (tertiary/aromatic N) is 2. The zero-order valence-corrected chi connectivity index (χ0v) is 11.3. The number of nitrogen functional groups attached to an aromatic ring is 1. The number of alkyl halides is 3. The van der Waals surface area contributed by atoms with Gasteiger partial charge < -0.3 is 11.1 Å². The zero-order chi connectivity index (χ0) is 15.8. The van der Waals surface area contributed by atoms with Crippen LogP contribution in [0.4, 0.5) is 24.5 Å². The van der Waals surface area contributed by atoms with Gasteiger partial charge in [-0.2, -0.15) is 18.3 Å². The number of rotatable bonds is 2. The second kappa shape index (κ2) is 5.12. The standard InChI is InChI=1S/C13H13F3N4O/c1-7-9(6-20(2)19-7)12(21)18-11-4-3-8(5-10(11)17)13(14,15)16/h3-6H,17H2,1-2H3,(H,18,21). The number of nitrogens with two attached hydrogens (primary N) is 1. The number of anilines is 2. The van der Waals surface area contributed by atoms with E-state index in [1.807, 2.05) is 0 Å². The monoisotopic (exact) mass is 298 g/mol. The van der Waals surface area contributed by atoms with Gasteiger partial charge in [-0.15, -0.1) is 0 Å². The number of aryl methyl sites for hydroxylation is 2. The van der Waals surface area contributed by atoms with Crippen molar-refractivity contribution >= 4 is 17.3 Å². The number of halogens is 3. The highest BCUT2D eigenvalue weighted by Gasteiger charge is 2.30. The summed E-state index contributed by atoms with van der Waals surface area (Å²) in [5.41, 5.74) is 5.50. The van der Waals surface area contributed by atoms with E-state index in [0.717, 1.165) is 18.2 Å². The van der Waals surface area contributed by atoms with Gasteiger partial charge in [0, 0.05) is 13.2 Å². The Morgan fingerprint density at radius 2 is 2.05 bits per heavy atom. The normalized spacial score (nSPS) is 11.5. The van der Waals surface area contributed by atoms with Gasteiger partial charge in [0.15, 0.2) is 0 Å². The average Bonchev–Trinajstić information content (AvgIpc) is 2.69. The summed E-state index contributed by atoms with van der Waals surface area (Å²) < 4.78 is 39.1. The van der Waals surface area contributed by atoms with Gasteiger partial charge in [-0.1, -0.05) is 0 Å². The molecule has 0 radical (unpaired) electrons. The number of benzene rings is 1. The first-order valence-corrected chi connectivity index (χ1v) is 5.97. The van der Waals surface area contributed by atoms with Crippen LogP contribution in [-0.4, -0.2) is 15.7 Å². The molecule has 0 aliphatic carbocycles. The van der Waals surface area contributed by atoms with Gasteiger partial charge in [-0.05, 0) is 25.1 Å². The van der Waals surface area contributed by atoms with Gasteiger partial charge in [0.1, 0.15) is 0 Å². The van der Waals surface area contributed by atoms with Crippen LogP contribution in [0.2, 0.25) is 0 Å². The molecule has 8 heteroatoms. The topological polar surface area (TPSA) is 72.9 Å².